The molecule has 0 amide bonds. The van der Waals surface area contributed by atoms with Crippen molar-refractivity contribution in [2.75, 3.05) is 13.2 Å². The Bertz CT molecular complexity index is 949. The topological polar surface area (TPSA) is 77.5 Å². The van der Waals surface area contributed by atoms with Crippen molar-refractivity contribution >= 4 is 17.6 Å². The van der Waals surface area contributed by atoms with Crippen LogP contribution >= 0.6 is 0 Å². The van der Waals surface area contributed by atoms with E-state index >= 15 is 0 Å². The summed E-state index contributed by atoms with van der Waals surface area (Å²) in [5.41, 5.74) is 3.31. The lowest BCUT2D eigenvalue weighted by molar-refractivity contribution is -0.139. The van der Waals surface area contributed by atoms with E-state index in [4.69, 9.17) is 9.47 Å². The molecule has 1 N–H and O–H groups in total. The van der Waals surface area contributed by atoms with Crippen LogP contribution in [0.15, 0.2) is 71.6 Å². The van der Waals surface area contributed by atoms with Crippen molar-refractivity contribution in [2.24, 2.45) is 0 Å². The first-order chi connectivity index (χ1) is 14.1. The van der Waals surface area contributed by atoms with Crippen molar-refractivity contribution < 1.29 is 19.1 Å². The number of rotatable bonds is 6. The molecular weight excluding hydrogens is 368 g/mol. The number of pyridine rings is 1. The molecular formula is C23H24N2O4. The van der Waals surface area contributed by atoms with Crippen molar-refractivity contribution in [1.29, 1.82) is 0 Å². The number of ether oxygens (including phenoxy) is 2. The number of carbonyl (C=O) groups is 2. The maximum absolute atomic E-state index is 13.1. The average molecular weight is 392 g/mol. The second-order valence-electron chi connectivity index (χ2n) is 6.45. The molecule has 1 aromatic carbocycles. The number of esters is 2. The molecule has 0 radical (unpaired) electrons. The van der Waals surface area contributed by atoms with Crippen molar-refractivity contribution in [1.82, 2.24) is 10.3 Å². The predicted molar refractivity (Wildman–Crippen MR) is 109 cm³/mol. The molecule has 6 nitrogen and oxygen atoms in total. The maximum atomic E-state index is 13.1. The van der Waals surface area contributed by atoms with E-state index in [9.17, 15) is 9.59 Å². The van der Waals surface area contributed by atoms with Crippen LogP contribution in [0.2, 0.25) is 0 Å². The maximum Gasteiger partial charge on any atom is 0.337 e. The normalized spacial score (nSPS) is 16.3. The Kier molecular flexibility index (Phi) is 6.44. The lowest BCUT2D eigenvalue weighted by atomic mass is 9.81. The van der Waals surface area contributed by atoms with Gasteiger partial charge in [-0.05, 0) is 38.5 Å². The van der Waals surface area contributed by atoms with Gasteiger partial charge in [0.15, 0.2) is 0 Å². The zero-order valence-corrected chi connectivity index (χ0v) is 16.8. The van der Waals surface area contributed by atoms with Crippen LogP contribution in [0.1, 0.15) is 37.9 Å². The zero-order valence-electron chi connectivity index (χ0n) is 16.8. The van der Waals surface area contributed by atoms with Crippen LogP contribution in [0.4, 0.5) is 0 Å². The summed E-state index contributed by atoms with van der Waals surface area (Å²) in [6, 6.07) is 14.9. The van der Waals surface area contributed by atoms with E-state index in [1.807, 2.05) is 36.4 Å². The Hall–Kier alpha value is -3.41. The molecule has 2 aromatic rings. The van der Waals surface area contributed by atoms with Gasteiger partial charge in [0.05, 0.1) is 41.7 Å². The molecule has 29 heavy (non-hydrogen) atoms. The van der Waals surface area contributed by atoms with Crippen LogP contribution in [0.5, 0.6) is 0 Å². The largest absolute Gasteiger partial charge is 0.463 e. The fourth-order valence-electron chi connectivity index (χ4n) is 3.41. The third-order valence-electron chi connectivity index (χ3n) is 4.60. The van der Waals surface area contributed by atoms with Crippen molar-refractivity contribution in [3.8, 4) is 0 Å². The molecule has 150 valence electrons. The highest BCUT2D eigenvalue weighted by molar-refractivity contribution is 6.05. The van der Waals surface area contributed by atoms with Gasteiger partial charge in [-0.25, -0.2) is 9.59 Å². The monoisotopic (exact) mass is 392 g/mol. The van der Waals surface area contributed by atoms with Gasteiger partial charge < -0.3 is 14.8 Å². The Labute approximate surface area is 170 Å². The predicted octanol–water partition coefficient (Wildman–Crippen LogP) is 3.58. The van der Waals surface area contributed by atoms with Gasteiger partial charge in [0.25, 0.3) is 0 Å². The molecule has 1 unspecified atom stereocenters. The Balaban J connectivity index is 2.27. The van der Waals surface area contributed by atoms with Gasteiger partial charge in [-0.1, -0.05) is 36.4 Å². The fraction of sp³-hybridized carbons (Fsp3) is 0.261. The van der Waals surface area contributed by atoms with Gasteiger partial charge >= 0.3 is 11.9 Å². The quantitative estimate of drug-likeness (QED) is 0.757. The van der Waals surface area contributed by atoms with Crippen LogP contribution in [0, 0.1) is 0 Å². The second kappa shape index (κ2) is 9.19. The average Bonchev–Trinajstić information content (AvgIpc) is 2.74. The van der Waals surface area contributed by atoms with Crippen LogP contribution in [-0.4, -0.2) is 30.1 Å². The van der Waals surface area contributed by atoms with Crippen molar-refractivity contribution in [3.05, 3.63) is 82.8 Å². The standard InChI is InChI=1S/C23H24N2O4/c1-4-28-22(26)18-15(3)25-21(16-11-7-6-8-12-16)20(23(27)29-5-2)19(18)17-13-9-10-14-24-17/h6-14,19,25H,4-5H2,1-3H3. The number of benzene rings is 1. The summed E-state index contributed by atoms with van der Waals surface area (Å²) >= 11 is 0. The van der Waals surface area contributed by atoms with Gasteiger partial charge in [-0.2, -0.15) is 0 Å². The summed E-state index contributed by atoms with van der Waals surface area (Å²) in [7, 11) is 0. The van der Waals surface area contributed by atoms with Gasteiger partial charge in [-0.15, -0.1) is 0 Å². The molecule has 0 saturated heterocycles. The highest BCUT2D eigenvalue weighted by Gasteiger charge is 2.40. The van der Waals surface area contributed by atoms with E-state index in [0.717, 1.165) is 5.56 Å². The summed E-state index contributed by atoms with van der Waals surface area (Å²) in [6.07, 6.45) is 1.64. The molecule has 0 aliphatic carbocycles. The summed E-state index contributed by atoms with van der Waals surface area (Å²) in [5, 5.41) is 3.24. The number of hydrogen-bond acceptors (Lipinski definition) is 6. The molecule has 1 aromatic heterocycles. The first-order valence-corrected chi connectivity index (χ1v) is 9.61. The molecule has 0 spiro atoms. The molecule has 3 rings (SSSR count). The number of aromatic nitrogens is 1. The molecule has 1 aliphatic rings. The minimum atomic E-state index is -0.703. The highest BCUT2D eigenvalue weighted by atomic mass is 16.5. The minimum Gasteiger partial charge on any atom is -0.463 e. The van der Waals surface area contributed by atoms with Crippen molar-refractivity contribution in [3.63, 3.8) is 0 Å². The third kappa shape index (κ3) is 4.21. The SMILES string of the molecule is CCOC(=O)C1=C(C)NC(c2ccccc2)=C(C(=O)OCC)C1c1ccccn1. The van der Waals surface area contributed by atoms with Crippen LogP contribution in [0.25, 0.3) is 5.70 Å². The minimum absolute atomic E-state index is 0.219. The van der Waals surface area contributed by atoms with E-state index in [2.05, 4.69) is 10.3 Å². The fourth-order valence-corrected chi connectivity index (χ4v) is 3.41. The smallest absolute Gasteiger partial charge is 0.337 e. The van der Waals surface area contributed by atoms with Crippen LogP contribution in [0.3, 0.4) is 0 Å². The Morgan fingerprint density at radius 2 is 1.55 bits per heavy atom. The molecule has 1 atom stereocenters. The van der Waals surface area contributed by atoms with E-state index in [1.54, 1.807) is 39.1 Å². The van der Waals surface area contributed by atoms with Gasteiger partial charge in [-0.3, -0.25) is 4.98 Å². The number of hydrogen-bond donors (Lipinski definition) is 1. The number of allylic oxidation sites excluding steroid dienone is 1. The zero-order chi connectivity index (χ0) is 20.8. The molecule has 0 fully saturated rings. The third-order valence-corrected chi connectivity index (χ3v) is 4.60. The van der Waals surface area contributed by atoms with Gasteiger partial charge in [0.2, 0.25) is 0 Å². The Morgan fingerprint density at radius 3 is 2.14 bits per heavy atom. The van der Waals surface area contributed by atoms with E-state index in [1.165, 1.54) is 0 Å². The van der Waals surface area contributed by atoms with E-state index < -0.39 is 17.9 Å². The molecule has 1 aliphatic heterocycles. The van der Waals surface area contributed by atoms with Crippen LogP contribution < -0.4 is 5.32 Å². The van der Waals surface area contributed by atoms with E-state index in [0.29, 0.717) is 28.2 Å². The second-order valence-corrected chi connectivity index (χ2v) is 6.45. The van der Waals surface area contributed by atoms with Crippen LogP contribution in [-0.2, 0) is 19.1 Å². The molecule has 0 bridgehead atoms. The first-order valence-electron chi connectivity index (χ1n) is 9.61. The lowest BCUT2D eigenvalue weighted by Crippen LogP contribution is -2.33. The lowest BCUT2D eigenvalue weighted by Gasteiger charge is -2.31. The summed E-state index contributed by atoms with van der Waals surface area (Å²) < 4.78 is 10.7. The number of nitrogens with one attached hydrogen (secondary N) is 1. The number of dihydropyridines is 1. The Morgan fingerprint density at radius 1 is 0.931 bits per heavy atom. The van der Waals surface area contributed by atoms with Gasteiger partial charge in [0, 0.05) is 11.9 Å². The number of carbonyl (C=O) groups excluding carboxylic acids is 2. The highest BCUT2D eigenvalue weighted by Crippen LogP contribution is 2.41. The van der Waals surface area contributed by atoms with Gasteiger partial charge in [0.1, 0.15) is 0 Å². The summed E-state index contributed by atoms with van der Waals surface area (Å²) in [5.74, 6) is -1.68. The van der Waals surface area contributed by atoms with E-state index in [-0.39, 0.29) is 13.2 Å². The number of nitrogens with zero attached hydrogens (tertiary/aromatic N) is 1. The summed E-state index contributed by atoms with van der Waals surface area (Å²) in [6.45, 7) is 5.75. The molecule has 0 saturated carbocycles. The van der Waals surface area contributed by atoms with Crippen molar-refractivity contribution in [2.45, 2.75) is 26.7 Å². The molecule has 2 heterocycles. The summed E-state index contributed by atoms with van der Waals surface area (Å²) in [4.78, 5) is 30.4. The first kappa shape index (κ1) is 20.3. The molecule has 6 heteroatoms.